The molecule has 1 aromatic rings. The molecule has 0 aliphatic rings. The van der Waals surface area contributed by atoms with Gasteiger partial charge in [0.05, 0.1) is 13.2 Å². The third-order valence-electron chi connectivity index (χ3n) is 2.80. The molecule has 0 heterocycles. The van der Waals surface area contributed by atoms with Crippen LogP contribution in [0.2, 0.25) is 0 Å². The molecule has 0 bridgehead atoms. The second-order valence-corrected chi connectivity index (χ2v) is 4.09. The molecule has 1 N–H and O–H groups in total. The van der Waals surface area contributed by atoms with Crippen molar-refractivity contribution in [2.24, 2.45) is 0 Å². The van der Waals surface area contributed by atoms with Crippen molar-refractivity contribution in [2.45, 2.75) is 12.5 Å². The predicted molar refractivity (Wildman–Crippen MR) is 74.8 cm³/mol. The Labute approximate surface area is 114 Å². The second-order valence-electron chi connectivity index (χ2n) is 4.09. The Kier molecular flexibility index (Phi) is 6.25. The molecule has 0 aliphatic carbocycles. The minimum Gasteiger partial charge on any atom is -0.464 e. The largest absolute Gasteiger partial charge is 0.464 e. The molecule has 0 saturated heterocycles. The Morgan fingerprint density at radius 2 is 2.11 bits per heavy atom. The lowest BCUT2D eigenvalue weighted by molar-refractivity contribution is -0.154. The van der Waals surface area contributed by atoms with Crippen LogP contribution in [0.25, 0.3) is 0 Å². The van der Waals surface area contributed by atoms with Gasteiger partial charge in [0.2, 0.25) is 0 Å². The molecule has 4 nitrogen and oxygen atoms in total. The summed E-state index contributed by atoms with van der Waals surface area (Å²) >= 11 is 0. The third-order valence-corrected chi connectivity index (χ3v) is 2.80. The Bertz CT molecular complexity index is 405. The van der Waals surface area contributed by atoms with Gasteiger partial charge < -0.3 is 9.47 Å². The van der Waals surface area contributed by atoms with Crippen LogP contribution >= 0.6 is 0 Å². The van der Waals surface area contributed by atoms with E-state index in [1.807, 2.05) is 30.3 Å². The fraction of sp³-hybridized carbons (Fsp3) is 0.400. The number of methoxy groups -OCH3 is 1. The number of esters is 1. The Morgan fingerprint density at radius 3 is 2.63 bits per heavy atom. The van der Waals surface area contributed by atoms with Gasteiger partial charge >= 0.3 is 5.97 Å². The summed E-state index contributed by atoms with van der Waals surface area (Å²) in [6.07, 6.45) is 1.70. The minimum absolute atomic E-state index is 0.198. The number of hydrogen-bond donors (Lipinski definition) is 1. The Hall–Kier alpha value is -1.65. The number of hydrogen-bond acceptors (Lipinski definition) is 4. The van der Waals surface area contributed by atoms with Crippen molar-refractivity contribution in [2.75, 3.05) is 26.9 Å². The molecule has 0 fully saturated rings. The van der Waals surface area contributed by atoms with Crippen molar-refractivity contribution in [1.82, 2.24) is 5.32 Å². The van der Waals surface area contributed by atoms with Crippen LogP contribution in [0, 0.1) is 0 Å². The minimum atomic E-state index is -1.000. The molecule has 1 atom stereocenters. The molecule has 0 aromatic heterocycles. The van der Waals surface area contributed by atoms with E-state index in [0.717, 1.165) is 5.56 Å². The number of carbonyl (C=O) groups excluding carboxylic acids is 1. The number of benzene rings is 1. The van der Waals surface area contributed by atoms with Crippen molar-refractivity contribution >= 4 is 5.97 Å². The van der Waals surface area contributed by atoms with Crippen LogP contribution in [0.1, 0.15) is 12.5 Å². The first kappa shape index (κ1) is 15.4. The SMILES string of the molecule is C=CCNC(COC)(C(=O)OCC)c1ccccc1. The van der Waals surface area contributed by atoms with Gasteiger partial charge in [-0.05, 0) is 12.5 Å². The first-order valence-corrected chi connectivity index (χ1v) is 6.29. The molecule has 104 valence electrons. The van der Waals surface area contributed by atoms with Crippen LogP contribution < -0.4 is 5.32 Å². The van der Waals surface area contributed by atoms with E-state index in [1.54, 1.807) is 20.1 Å². The highest BCUT2D eigenvalue weighted by Crippen LogP contribution is 2.23. The Balaban J connectivity index is 3.17. The van der Waals surface area contributed by atoms with E-state index in [-0.39, 0.29) is 12.6 Å². The van der Waals surface area contributed by atoms with Crippen molar-refractivity contribution in [3.8, 4) is 0 Å². The summed E-state index contributed by atoms with van der Waals surface area (Å²) in [5, 5.41) is 3.17. The highest BCUT2D eigenvalue weighted by molar-refractivity contribution is 5.83. The zero-order valence-corrected chi connectivity index (χ0v) is 11.5. The molecule has 1 aromatic carbocycles. The van der Waals surface area contributed by atoms with Crippen molar-refractivity contribution in [3.05, 3.63) is 48.6 Å². The molecule has 0 aliphatic heterocycles. The average molecular weight is 263 g/mol. The summed E-state index contributed by atoms with van der Waals surface area (Å²) in [5.41, 5.74) is -0.183. The summed E-state index contributed by atoms with van der Waals surface area (Å²) in [4.78, 5) is 12.4. The molecular formula is C15H21NO3. The van der Waals surface area contributed by atoms with Gasteiger partial charge in [0.25, 0.3) is 0 Å². The molecule has 4 heteroatoms. The van der Waals surface area contributed by atoms with E-state index >= 15 is 0 Å². The first-order valence-electron chi connectivity index (χ1n) is 6.29. The van der Waals surface area contributed by atoms with Crippen LogP contribution in [0.4, 0.5) is 0 Å². The fourth-order valence-corrected chi connectivity index (χ4v) is 1.93. The monoisotopic (exact) mass is 263 g/mol. The van der Waals surface area contributed by atoms with E-state index in [4.69, 9.17) is 9.47 Å². The molecule has 1 unspecified atom stereocenters. The normalized spacial score (nSPS) is 13.6. The van der Waals surface area contributed by atoms with E-state index in [9.17, 15) is 4.79 Å². The second kappa shape index (κ2) is 7.71. The number of carbonyl (C=O) groups is 1. The van der Waals surface area contributed by atoms with Crippen LogP contribution in [-0.2, 0) is 19.8 Å². The summed E-state index contributed by atoms with van der Waals surface area (Å²) < 4.78 is 10.4. The molecule has 1 rings (SSSR count). The maximum absolute atomic E-state index is 12.4. The van der Waals surface area contributed by atoms with Gasteiger partial charge in [0.1, 0.15) is 0 Å². The van der Waals surface area contributed by atoms with E-state index in [0.29, 0.717) is 13.2 Å². The quantitative estimate of drug-likeness (QED) is 0.574. The summed E-state index contributed by atoms with van der Waals surface area (Å²) in [6, 6.07) is 9.43. The van der Waals surface area contributed by atoms with Gasteiger partial charge in [-0.3, -0.25) is 5.32 Å². The maximum atomic E-state index is 12.4. The smallest absolute Gasteiger partial charge is 0.333 e. The topological polar surface area (TPSA) is 47.6 Å². The van der Waals surface area contributed by atoms with Crippen LogP contribution in [0.15, 0.2) is 43.0 Å². The van der Waals surface area contributed by atoms with Gasteiger partial charge in [-0.25, -0.2) is 4.79 Å². The van der Waals surface area contributed by atoms with Gasteiger partial charge in [-0.1, -0.05) is 36.4 Å². The van der Waals surface area contributed by atoms with Gasteiger partial charge in [-0.2, -0.15) is 0 Å². The first-order chi connectivity index (χ1) is 9.21. The number of ether oxygens (including phenoxy) is 2. The lowest BCUT2D eigenvalue weighted by Crippen LogP contribution is -2.53. The average Bonchev–Trinajstić information content (AvgIpc) is 2.44. The lowest BCUT2D eigenvalue weighted by Gasteiger charge is -2.32. The summed E-state index contributed by atoms with van der Waals surface area (Å²) in [5.74, 6) is -0.343. The molecule has 19 heavy (non-hydrogen) atoms. The highest BCUT2D eigenvalue weighted by atomic mass is 16.5. The Morgan fingerprint density at radius 1 is 1.42 bits per heavy atom. The molecule has 0 spiro atoms. The van der Waals surface area contributed by atoms with Crippen molar-refractivity contribution in [3.63, 3.8) is 0 Å². The lowest BCUT2D eigenvalue weighted by atomic mass is 9.90. The third kappa shape index (κ3) is 3.66. The van der Waals surface area contributed by atoms with Gasteiger partial charge in [0, 0.05) is 13.7 Å². The van der Waals surface area contributed by atoms with Crippen LogP contribution in [-0.4, -0.2) is 32.8 Å². The number of rotatable bonds is 8. The predicted octanol–water partition coefficient (Wildman–Crippen LogP) is 1.87. The highest BCUT2D eigenvalue weighted by Gasteiger charge is 2.41. The standard InChI is InChI=1S/C15H21NO3/c1-4-11-16-15(12-18-3,14(17)19-5-2)13-9-7-6-8-10-13/h4,6-10,16H,1,5,11-12H2,2-3H3. The summed E-state index contributed by atoms with van der Waals surface area (Å²) in [7, 11) is 1.56. The fourth-order valence-electron chi connectivity index (χ4n) is 1.93. The molecule has 0 amide bonds. The van der Waals surface area contributed by atoms with Gasteiger partial charge in [0.15, 0.2) is 5.54 Å². The number of nitrogens with one attached hydrogen (secondary N) is 1. The van der Waals surface area contributed by atoms with E-state index in [2.05, 4.69) is 11.9 Å². The zero-order chi connectivity index (χ0) is 14.1. The van der Waals surface area contributed by atoms with Crippen molar-refractivity contribution < 1.29 is 14.3 Å². The van der Waals surface area contributed by atoms with E-state index in [1.165, 1.54) is 0 Å². The van der Waals surface area contributed by atoms with Crippen LogP contribution in [0.3, 0.4) is 0 Å². The van der Waals surface area contributed by atoms with Gasteiger partial charge in [-0.15, -0.1) is 6.58 Å². The maximum Gasteiger partial charge on any atom is 0.333 e. The zero-order valence-electron chi connectivity index (χ0n) is 11.5. The summed E-state index contributed by atoms with van der Waals surface area (Å²) in [6.45, 7) is 6.46. The van der Waals surface area contributed by atoms with Crippen molar-refractivity contribution in [1.29, 1.82) is 0 Å². The molecule has 0 radical (unpaired) electrons. The molecule has 0 saturated carbocycles. The van der Waals surface area contributed by atoms with Crippen LogP contribution in [0.5, 0.6) is 0 Å². The molecular weight excluding hydrogens is 242 g/mol. The van der Waals surface area contributed by atoms with E-state index < -0.39 is 5.54 Å².